The van der Waals surface area contributed by atoms with Crippen LogP contribution in [-0.4, -0.2) is 9.55 Å². The van der Waals surface area contributed by atoms with Crippen LogP contribution < -0.4 is 0 Å². The van der Waals surface area contributed by atoms with Crippen LogP contribution in [0.1, 0.15) is 154 Å². The Hall–Kier alpha value is -0.790. The van der Waals surface area contributed by atoms with Crippen molar-refractivity contribution in [1.29, 1.82) is 0 Å². The van der Waals surface area contributed by atoms with Gasteiger partial charge in [0.1, 0.15) is 5.82 Å². The number of aromatic nitrogens is 2. The Kier molecular flexibility index (Phi) is 14.5. The summed E-state index contributed by atoms with van der Waals surface area (Å²) in [6.07, 6.45) is 23.6. The van der Waals surface area contributed by atoms with Gasteiger partial charge >= 0.3 is 0 Å². The monoisotopic (exact) mass is 390 g/mol. The molecule has 0 aromatic carbocycles. The van der Waals surface area contributed by atoms with Gasteiger partial charge in [0.15, 0.2) is 0 Å². The molecule has 1 rings (SSSR count). The molecule has 0 aliphatic heterocycles. The minimum atomic E-state index is 0.528. The van der Waals surface area contributed by atoms with Crippen molar-refractivity contribution >= 4 is 0 Å². The van der Waals surface area contributed by atoms with E-state index >= 15 is 0 Å². The van der Waals surface area contributed by atoms with Crippen molar-refractivity contribution in [3.05, 3.63) is 17.7 Å². The maximum Gasteiger partial charge on any atom is 0.111 e. The van der Waals surface area contributed by atoms with Crippen molar-refractivity contribution < 1.29 is 0 Å². The summed E-state index contributed by atoms with van der Waals surface area (Å²) in [5, 5.41) is 0. The van der Waals surface area contributed by atoms with E-state index in [0.29, 0.717) is 11.8 Å². The van der Waals surface area contributed by atoms with Crippen molar-refractivity contribution in [2.75, 3.05) is 0 Å². The molecule has 0 saturated heterocycles. The zero-order valence-corrected chi connectivity index (χ0v) is 19.9. The van der Waals surface area contributed by atoms with Crippen LogP contribution in [-0.2, 0) is 6.54 Å². The number of aryl methyl sites for hydroxylation is 1. The Morgan fingerprint density at radius 1 is 0.714 bits per heavy atom. The van der Waals surface area contributed by atoms with E-state index in [-0.39, 0.29) is 0 Å². The molecule has 0 saturated carbocycles. The van der Waals surface area contributed by atoms with Gasteiger partial charge in [0.2, 0.25) is 0 Å². The quantitative estimate of drug-likeness (QED) is 0.229. The average Bonchev–Trinajstić information content (AvgIpc) is 3.13. The fourth-order valence-corrected chi connectivity index (χ4v) is 4.15. The third-order valence-electron chi connectivity index (χ3n) is 6.19. The van der Waals surface area contributed by atoms with E-state index in [1.165, 1.54) is 108 Å². The standard InChI is InChI=1S/C26H50N2/c1-6-8-9-10-11-12-13-14-15-16-17-18-19-20-21-24(5)26-27-25(23(3)4)22-28(26)7-2/h22-24H,6-21H2,1-5H3. The summed E-state index contributed by atoms with van der Waals surface area (Å²) >= 11 is 0. The SMILES string of the molecule is CCCCCCCCCCCCCCCCC(C)c1nc(C(C)C)cn1CC. The summed E-state index contributed by atoms with van der Waals surface area (Å²) in [6, 6.07) is 0. The van der Waals surface area contributed by atoms with E-state index in [4.69, 9.17) is 4.98 Å². The summed E-state index contributed by atoms with van der Waals surface area (Å²) in [7, 11) is 0. The first-order valence-electron chi connectivity index (χ1n) is 12.7. The smallest absolute Gasteiger partial charge is 0.111 e. The fourth-order valence-electron chi connectivity index (χ4n) is 4.15. The number of imidazole rings is 1. The van der Waals surface area contributed by atoms with Crippen LogP contribution in [0, 0.1) is 0 Å². The highest BCUT2D eigenvalue weighted by Gasteiger charge is 2.15. The van der Waals surface area contributed by atoms with Gasteiger partial charge in [0.05, 0.1) is 5.69 Å². The lowest BCUT2D eigenvalue weighted by Crippen LogP contribution is -2.05. The molecule has 0 aliphatic carbocycles. The molecule has 1 unspecified atom stereocenters. The van der Waals surface area contributed by atoms with E-state index in [2.05, 4.69) is 45.4 Å². The summed E-state index contributed by atoms with van der Waals surface area (Å²) < 4.78 is 2.36. The molecule has 1 aromatic heterocycles. The molecule has 2 nitrogen and oxygen atoms in total. The third kappa shape index (κ3) is 10.7. The van der Waals surface area contributed by atoms with Crippen LogP contribution in [0.3, 0.4) is 0 Å². The summed E-state index contributed by atoms with van der Waals surface area (Å²) in [5.41, 5.74) is 1.25. The molecule has 0 bridgehead atoms. The van der Waals surface area contributed by atoms with Gasteiger partial charge in [-0.15, -0.1) is 0 Å². The second-order valence-corrected chi connectivity index (χ2v) is 9.25. The largest absolute Gasteiger partial charge is 0.335 e. The molecule has 0 N–H and O–H groups in total. The molecule has 2 heteroatoms. The van der Waals surface area contributed by atoms with Crippen LogP contribution in [0.4, 0.5) is 0 Å². The molecule has 1 aromatic rings. The topological polar surface area (TPSA) is 17.8 Å². The highest BCUT2D eigenvalue weighted by Crippen LogP contribution is 2.24. The lowest BCUT2D eigenvalue weighted by Gasteiger charge is -2.12. The molecule has 0 amide bonds. The molecule has 28 heavy (non-hydrogen) atoms. The molecule has 1 heterocycles. The predicted octanol–water partition coefficient (Wildman–Crippen LogP) is 9.00. The van der Waals surface area contributed by atoms with Crippen molar-refractivity contribution in [1.82, 2.24) is 9.55 Å². The van der Waals surface area contributed by atoms with Gasteiger partial charge in [-0.25, -0.2) is 4.98 Å². The van der Waals surface area contributed by atoms with Gasteiger partial charge < -0.3 is 4.57 Å². The summed E-state index contributed by atoms with van der Waals surface area (Å²) in [5.74, 6) is 2.42. The molecule has 1 atom stereocenters. The summed E-state index contributed by atoms with van der Waals surface area (Å²) in [4.78, 5) is 4.93. The maximum absolute atomic E-state index is 4.93. The average molecular weight is 391 g/mol. The van der Waals surface area contributed by atoms with Crippen molar-refractivity contribution in [3.63, 3.8) is 0 Å². The van der Waals surface area contributed by atoms with Gasteiger partial charge in [-0.1, -0.05) is 118 Å². The molecular formula is C26H50N2. The molecule has 0 spiro atoms. The van der Waals surface area contributed by atoms with E-state index in [0.717, 1.165) is 6.54 Å². The Morgan fingerprint density at radius 3 is 1.61 bits per heavy atom. The molecule has 0 fully saturated rings. The second-order valence-electron chi connectivity index (χ2n) is 9.25. The predicted molar refractivity (Wildman–Crippen MR) is 125 cm³/mol. The van der Waals surface area contributed by atoms with Crippen LogP contribution in [0.5, 0.6) is 0 Å². The maximum atomic E-state index is 4.93. The minimum Gasteiger partial charge on any atom is -0.335 e. The fraction of sp³-hybridized carbons (Fsp3) is 0.885. The first-order chi connectivity index (χ1) is 13.6. The third-order valence-corrected chi connectivity index (χ3v) is 6.19. The zero-order chi connectivity index (χ0) is 20.6. The molecular weight excluding hydrogens is 340 g/mol. The number of nitrogens with zero attached hydrogens (tertiary/aromatic N) is 2. The van der Waals surface area contributed by atoms with Gasteiger partial charge in [-0.2, -0.15) is 0 Å². The highest BCUT2D eigenvalue weighted by atomic mass is 15.1. The number of hydrogen-bond donors (Lipinski definition) is 0. The Balaban J connectivity index is 2.00. The van der Waals surface area contributed by atoms with Gasteiger partial charge in [-0.3, -0.25) is 0 Å². The summed E-state index contributed by atoms with van der Waals surface area (Å²) in [6.45, 7) is 12.4. The highest BCUT2D eigenvalue weighted by molar-refractivity contribution is 5.11. The van der Waals surface area contributed by atoms with E-state index in [9.17, 15) is 0 Å². The van der Waals surface area contributed by atoms with Gasteiger partial charge in [0, 0.05) is 18.7 Å². The van der Waals surface area contributed by atoms with E-state index in [1.54, 1.807) is 0 Å². The molecule has 0 aliphatic rings. The van der Waals surface area contributed by atoms with Gasteiger partial charge in [-0.05, 0) is 19.3 Å². The minimum absolute atomic E-state index is 0.528. The number of rotatable bonds is 18. The Labute approximate surface area is 176 Å². The first-order valence-corrected chi connectivity index (χ1v) is 12.7. The lowest BCUT2D eigenvalue weighted by atomic mass is 10.0. The van der Waals surface area contributed by atoms with Crippen molar-refractivity contribution in [2.45, 2.75) is 149 Å². The van der Waals surface area contributed by atoms with E-state index in [1.807, 2.05) is 0 Å². The van der Waals surface area contributed by atoms with Gasteiger partial charge in [0.25, 0.3) is 0 Å². The Bertz CT molecular complexity index is 475. The van der Waals surface area contributed by atoms with Crippen LogP contribution in [0.15, 0.2) is 6.20 Å². The van der Waals surface area contributed by atoms with Crippen LogP contribution >= 0.6 is 0 Å². The van der Waals surface area contributed by atoms with Crippen molar-refractivity contribution in [2.24, 2.45) is 0 Å². The number of unbranched alkanes of at least 4 members (excludes halogenated alkanes) is 13. The van der Waals surface area contributed by atoms with Crippen molar-refractivity contribution in [3.8, 4) is 0 Å². The number of hydrogen-bond acceptors (Lipinski definition) is 1. The second kappa shape index (κ2) is 16.1. The Morgan fingerprint density at radius 2 is 1.18 bits per heavy atom. The lowest BCUT2D eigenvalue weighted by molar-refractivity contribution is 0.512. The first kappa shape index (κ1) is 25.2. The van der Waals surface area contributed by atoms with Crippen LogP contribution in [0.25, 0.3) is 0 Å². The normalized spacial score (nSPS) is 12.8. The zero-order valence-electron chi connectivity index (χ0n) is 19.9. The van der Waals surface area contributed by atoms with Crippen LogP contribution in [0.2, 0.25) is 0 Å². The molecule has 164 valence electrons. The van der Waals surface area contributed by atoms with E-state index < -0.39 is 0 Å². The molecule has 0 radical (unpaired) electrons.